The third-order valence-electron chi connectivity index (χ3n) is 5.69. The highest BCUT2D eigenvalue weighted by Gasteiger charge is 2.40. The second-order valence-electron chi connectivity index (χ2n) is 6.87. The van der Waals surface area contributed by atoms with Crippen molar-refractivity contribution in [3.63, 3.8) is 0 Å². The first-order chi connectivity index (χ1) is 10.2. The molecular formula is C18H28N2O. The van der Waals surface area contributed by atoms with Crippen LogP contribution in [0.25, 0.3) is 0 Å². The molecular weight excluding hydrogens is 260 g/mol. The summed E-state index contributed by atoms with van der Waals surface area (Å²) < 4.78 is 2.19. The fraction of sp³-hybridized carbons (Fsp3) is 0.778. The van der Waals surface area contributed by atoms with Crippen LogP contribution in [0, 0.1) is 17.8 Å². The van der Waals surface area contributed by atoms with Gasteiger partial charge in [-0.3, -0.25) is 9.48 Å². The molecule has 0 radical (unpaired) electrons. The van der Waals surface area contributed by atoms with Gasteiger partial charge in [0.2, 0.25) is 0 Å². The summed E-state index contributed by atoms with van der Waals surface area (Å²) in [5.74, 6) is 2.95. The van der Waals surface area contributed by atoms with E-state index in [1.54, 1.807) is 0 Å². The van der Waals surface area contributed by atoms with Gasteiger partial charge < -0.3 is 0 Å². The molecule has 1 aromatic rings. The Labute approximate surface area is 128 Å². The number of aryl methyl sites for hydroxylation is 1. The van der Waals surface area contributed by atoms with E-state index in [1.165, 1.54) is 31.4 Å². The Morgan fingerprint density at radius 2 is 2.00 bits per heavy atom. The maximum absolute atomic E-state index is 12.3. The zero-order valence-electron chi connectivity index (χ0n) is 13.7. The Balaban J connectivity index is 1.87. The molecule has 1 heterocycles. The number of fused-ring (bicyclic) bond motifs is 2. The number of hydrogen-bond donors (Lipinski definition) is 0. The topological polar surface area (TPSA) is 34.9 Å². The molecule has 2 aliphatic rings. The van der Waals surface area contributed by atoms with Crippen molar-refractivity contribution in [2.45, 2.75) is 72.3 Å². The van der Waals surface area contributed by atoms with Crippen LogP contribution in [-0.4, -0.2) is 15.6 Å². The second-order valence-corrected chi connectivity index (χ2v) is 6.87. The highest BCUT2D eigenvalue weighted by molar-refractivity contribution is 5.98. The number of carbonyl (C=O) groups excluding carboxylic acids is 1. The zero-order valence-corrected chi connectivity index (χ0v) is 13.7. The fourth-order valence-electron chi connectivity index (χ4n) is 4.63. The van der Waals surface area contributed by atoms with Gasteiger partial charge in [-0.2, -0.15) is 5.10 Å². The number of nitrogens with zero attached hydrogens (tertiary/aromatic N) is 2. The summed E-state index contributed by atoms with van der Waals surface area (Å²) in [5, 5.41) is 4.81. The minimum absolute atomic E-state index is 0.267. The van der Waals surface area contributed by atoms with Crippen LogP contribution in [0.2, 0.25) is 0 Å². The summed E-state index contributed by atoms with van der Waals surface area (Å²) in [5.41, 5.74) is 3.13. The van der Waals surface area contributed by atoms with Crippen molar-refractivity contribution in [1.29, 1.82) is 0 Å². The zero-order chi connectivity index (χ0) is 15.0. The summed E-state index contributed by atoms with van der Waals surface area (Å²) in [7, 11) is 0. The summed E-state index contributed by atoms with van der Waals surface area (Å²) >= 11 is 0. The van der Waals surface area contributed by atoms with E-state index in [1.807, 2.05) is 6.92 Å². The maximum atomic E-state index is 12.3. The first-order valence-electron chi connectivity index (χ1n) is 8.79. The van der Waals surface area contributed by atoms with Crippen molar-refractivity contribution in [1.82, 2.24) is 9.78 Å². The van der Waals surface area contributed by atoms with E-state index in [0.29, 0.717) is 6.42 Å². The largest absolute Gasteiger partial charge is 0.294 e. The Kier molecular flexibility index (Phi) is 4.19. The monoisotopic (exact) mass is 288 g/mol. The molecule has 0 aliphatic heterocycles. The smallest absolute Gasteiger partial charge is 0.166 e. The van der Waals surface area contributed by atoms with Crippen LogP contribution in [0.5, 0.6) is 0 Å². The van der Waals surface area contributed by atoms with E-state index in [4.69, 9.17) is 5.10 Å². The molecule has 0 saturated heterocycles. The molecule has 0 spiro atoms. The third kappa shape index (κ3) is 2.56. The van der Waals surface area contributed by atoms with Crippen LogP contribution in [-0.2, 0) is 19.4 Å². The summed E-state index contributed by atoms with van der Waals surface area (Å²) in [4.78, 5) is 12.3. The molecule has 2 saturated carbocycles. The lowest BCUT2D eigenvalue weighted by atomic mass is 9.89. The Hall–Kier alpha value is -1.12. The summed E-state index contributed by atoms with van der Waals surface area (Å²) in [6.07, 6.45) is 8.04. The lowest BCUT2D eigenvalue weighted by Crippen LogP contribution is -2.19. The molecule has 0 N–H and O–H groups in total. The number of rotatable bonds is 6. The molecule has 2 aliphatic carbocycles. The van der Waals surface area contributed by atoms with Crippen LogP contribution >= 0.6 is 0 Å². The average molecular weight is 288 g/mol. The summed E-state index contributed by atoms with van der Waals surface area (Å²) in [6.45, 7) is 7.25. The minimum Gasteiger partial charge on any atom is -0.294 e. The van der Waals surface area contributed by atoms with E-state index < -0.39 is 0 Å². The van der Waals surface area contributed by atoms with E-state index in [2.05, 4.69) is 18.5 Å². The molecule has 2 bridgehead atoms. The SMILES string of the molecule is CCC(=O)c1c(CC)nn(CC2CC3CCC2C3)c1CC. The van der Waals surface area contributed by atoms with Crippen molar-refractivity contribution in [3.8, 4) is 0 Å². The van der Waals surface area contributed by atoms with Gasteiger partial charge in [0.1, 0.15) is 0 Å². The van der Waals surface area contributed by atoms with Gasteiger partial charge in [0.15, 0.2) is 5.78 Å². The molecule has 3 atom stereocenters. The quantitative estimate of drug-likeness (QED) is 0.741. The van der Waals surface area contributed by atoms with Crippen LogP contribution in [0.15, 0.2) is 0 Å². The Morgan fingerprint density at radius 1 is 1.19 bits per heavy atom. The van der Waals surface area contributed by atoms with Crippen molar-refractivity contribution in [2.24, 2.45) is 17.8 Å². The molecule has 0 aromatic carbocycles. The standard InChI is InChI=1S/C18H28N2O/c1-4-15-18(17(21)6-3)16(5-2)20(19-15)11-14-10-12-7-8-13(14)9-12/h12-14H,4-11H2,1-3H3. The number of ketones is 1. The van der Waals surface area contributed by atoms with E-state index in [-0.39, 0.29) is 5.78 Å². The van der Waals surface area contributed by atoms with Gasteiger partial charge in [0.25, 0.3) is 0 Å². The first-order valence-corrected chi connectivity index (χ1v) is 8.79. The maximum Gasteiger partial charge on any atom is 0.166 e. The van der Waals surface area contributed by atoms with E-state index >= 15 is 0 Å². The number of carbonyl (C=O) groups is 1. The van der Waals surface area contributed by atoms with Gasteiger partial charge in [0.05, 0.1) is 11.3 Å². The molecule has 0 amide bonds. The Bertz CT molecular complexity index is 532. The van der Waals surface area contributed by atoms with Crippen molar-refractivity contribution in [2.75, 3.05) is 0 Å². The van der Waals surface area contributed by atoms with E-state index in [9.17, 15) is 4.79 Å². The lowest BCUT2D eigenvalue weighted by molar-refractivity contribution is 0.0986. The molecule has 116 valence electrons. The fourth-order valence-corrected chi connectivity index (χ4v) is 4.63. The molecule has 3 heteroatoms. The molecule has 2 fully saturated rings. The predicted octanol–water partition coefficient (Wildman–Crippen LogP) is 4.04. The normalized spacial score (nSPS) is 27.5. The van der Waals surface area contributed by atoms with Gasteiger partial charge in [-0.15, -0.1) is 0 Å². The van der Waals surface area contributed by atoms with E-state index in [0.717, 1.165) is 48.4 Å². The predicted molar refractivity (Wildman–Crippen MR) is 84.5 cm³/mol. The molecule has 3 nitrogen and oxygen atoms in total. The lowest BCUT2D eigenvalue weighted by Gasteiger charge is -2.22. The van der Waals surface area contributed by atoms with Crippen molar-refractivity contribution < 1.29 is 4.79 Å². The highest BCUT2D eigenvalue weighted by atomic mass is 16.1. The second kappa shape index (κ2) is 5.94. The van der Waals surface area contributed by atoms with Crippen molar-refractivity contribution >= 4 is 5.78 Å². The van der Waals surface area contributed by atoms with Gasteiger partial charge >= 0.3 is 0 Å². The van der Waals surface area contributed by atoms with Crippen LogP contribution in [0.1, 0.15) is 74.6 Å². The van der Waals surface area contributed by atoms with Gasteiger partial charge in [0, 0.05) is 18.7 Å². The van der Waals surface area contributed by atoms with Crippen LogP contribution in [0.3, 0.4) is 0 Å². The first kappa shape index (κ1) is 14.8. The Morgan fingerprint density at radius 3 is 2.52 bits per heavy atom. The number of aromatic nitrogens is 2. The van der Waals surface area contributed by atoms with Gasteiger partial charge in [-0.25, -0.2) is 0 Å². The van der Waals surface area contributed by atoms with Crippen molar-refractivity contribution in [3.05, 3.63) is 17.0 Å². The van der Waals surface area contributed by atoms with Crippen LogP contribution < -0.4 is 0 Å². The van der Waals surface area contributed by atoms with Gasteiger partial charge in [-0.05, 0) is 49.9 Å². The molecule has 3 rings (SSSR count). The minimum atomic E-state index is 0.267. The molecule has 3 unspecified atom stereocenters. The highest BCUT2D eigenvalue weighted by Crippen LogP contribution is 2.48. The molecule has 21 heavy (non-hydrogen) atoms. The molecule has 1 aromatic heterocycles. The average Bonchev–Trinajstić information content (AvgIpc) is 3.19. The van der Waals surface area contributed by atoms with Crippen LogP contribution in [0.4, 0.5) is 0 Å². The number of hydrogen-bond acceptors (Lipinski definition) is 2. The summed E-state index contributed by atoms with van der Waals surface area (Å²) in [6, 6.07) is 0. The number of Topliss-reactive ketones (excluding diaryl/α,β-unsaturated/α-hetero) is 1. The van der Waals surface area contributed by atoms with Gasteiger partial charge in [-0.1, -0.05) is 27.2 Å². The third-order valence-corrected chi connectivity index (χ3v) is 5.69.